The van der Waals surface area contributed by atoms with Crippen LogP contribution in [0.25, 0.3) is 22.9 Å². The van der Waals surface area contributed by atoms with Gasteiger partial charge in [0.25, 0.3) is 11.8 Å². The Hall–Kier alpha value is -4.20. The van der Waals surface area contributed by atoms with Gasteiger partial charge in [0.1, 0.15) is 0 Å². The number of aromatic nitrogens is 2. The SMILES string of the molecule is Cc1cccc(-c2nnc(-c3ccc(C(=O)NC4CCN(C(=O)c5ccco5)CC4)cc3)o2)c1. The number of furan rings is 1. The number of amides is 2. The van der Waals surface area contributed by atoms with E-state index in [0.29, 0.717) is 49.0 Å². The van der Waals surface area contributed by atoms with Crippen LogP contribution in [0.4, 0.5) is 0 Å². The lowest BCUT2D eigenvalue weighted by Gasteiger charge is -2.31. The fourth-order valence-corrected chi connectivity index (χ4v) is 4.05. The second-order valence-corrected chi connectivity index (χ2v) is 8.38. The topological polar surface area (TPSA) is 101 Å². The van der Waals surface area contributed by atoms with E-state index in [1.165, 1.54) is 6.26 Å². The summed E-state index contributed by atoms with van der Waals surface area (Å²) in [7, 11) is 0. The number of carbonyl (C=O) groups is 2. The lowest BCUT2D eigenvalue weighted by Crippen LogP contribution is -2.46. The maximum atomic E-state index is 12.7. The molecular weight excluding hydrogens is 432 g/mol. The number of piperidine rings is 1. The minimum absolute atomic E-state index is 0.0145. The van der Waals surface area contributed by atoms with Gasteiger partial charge in [-0.2, -0.15) is 0 Å². The lowest BCUT2D eigenvalue weighted by molar-refractivity contribution is 0.0667. The first kappa shape index (κ1) is 21.6. The predicted molar refractivity (Wildman–Crippen MR) is 125 cm³/mol. The molecule has 1 saturated heterocycles. The second kappa shape index (κ2) is 9.35. The molecule has 2 aromatic heterocycles. The Balaban J connectivity index is 1.18. The quantitative estimate of drug-likeness (QED) is 0.479. The van der Waals surface area contributed by atoms with Gasteiger partial charge in [-0.3, -0.25) is 9.59 Å². The van der Waals surface area contributed by atoms with E-state index in [4.69, 9.17) is 8.83 Å². The number of nitrogens with zero attached hydrogens (tertiary/aromatic N) is 3. The number of nitrogens with one attached hydrogen (secondary N) is 1. The van der Waals surface area contributed by atoms with Gasteiger partial charge in [0.05, 0.1) is 6.26 Å². The molecule has 0 radical (unpaired) electrons. The van der Waals surface area contributed by atoms with Crippen LogP contribution in [0.2, 0.25) is 0 Å². The molecule has 5 rings (SSSR count). The highest BCUT2D eigenvalue weighted by molar-refractivity contribution is 5.95. The molecule has 1 fully saturated rings. The largest absolute Gasteiger partial charge is 0.459 e. The molecule has 2 aromatic carbocycles. The Morgan fingerprint density at radius 3 is 2.35 bits per heavy atom. The van der Waals surface area contributed by atoms with E-state index in [1.807, 2.05) is 31.2 Å². The third kappa shape index (κ3) is 4.61. The van der Waals surface area contributed by atoms with Crippen molar-refractivity contribution >= 4 is 11.8 Å². The average molecular weight is 457 g/mol. The Morgan fingerprint density at radius 2 is 1.68 bits per heavy atom. The summed E-state index contributed by atoms with van der Waals surface area (Å²) in [5, 5.41) is 11.4. The summed E-state index contributed by atoms with van der Waals surface area (Å²) in [5.74, 6) is 0.939. The van der Waals surface area contributed by atoms with Crippen molar-refractivity contribution in [3.05, 3.63) is 83.8 Å². The first-order valence-corrected chi connectivity index (χ1v) is 11.2. The highest BCUT2D eigenvalue weighted by atomic mass is 16.4. The van der Waals surface area contributed by atoms with E-state index in [-0.39, 0.29) is 17.9 Å². The fourth-order valence-electron chi connectivity index (χ4n) is 4.05. The molecular formula is C26H24N4O4. The summed E-state index contributed by atoms with van der Waals surface area (Å²) in [4.78, 5) is 26.9. The molecule has 0 bridgehead atoms. The van der Waals surface area contributed by atoms with Crippen molar-refractivity contribution in [2.75, 3.05) is 13.1 Å². The Kier molecular flexibility index (Phi) is 5.95. The van der Waals surface area contributed by atoms with E-state index >= 15 is 0 Å². The maximum absolute atomic E-state index is 12.7. The zero-order valence-corrected chi connectivity index (χ0v) is 18.7. The minimum atomic E-state index is -0.145. The molecule has 2 amide bonds. The van der Waals surface area contributed by atoms with Crippen molar-refractivity contribution in [3.63, 3.8) is 0 Å². The highest BCUT2D eigenvalue weighted by Gasteiger charge is 2.26. The first-order chi connectivity index (χ1) is 16.6. The predicted octanol–water partition coefficient (Wildman–Crippen LogP) is 4.34. The number of hydrogen-bond donors (Lipinski definition) is 1. The lowest BCUT2D eigenvalue weighted by atomic mass is 10.0. The van der Waals surface area contributed by atoms with Crippen molar-refractivity contribution < 1.29 is 18.4 Å². The van der Waals surface area contributed by atoms with Gasteiger partial charge in [-0.25, -0.2) is 0 Å². The van der Waals surface area contributed by atoms with Crippen LogP contribution in [0.15, 0.2) is 75.8 Å². The molecule has 3 heterocycles. The monoisotopic (exact) mass is 456 g/mol. The molecule has 0 aliphatic carbocycles. The van der Waals surface area contributed by atoms with Crippen molar-refractivity contribution in [3.8, 4) is 22.9 Å². The van der Waals surface area contributed by atoms with Gasteiger partial charge < -0.3 is 19.1 Å². The van der Waals surface area contributed by atoms with Crippen LogP contribution in [-0.4, -0.2) is 46.0 Å². The molecule has 1 aliphatic heterocycles. The number of benzene rings is 2. The molecule has 1 aliphatic rings. The maximum Gasteiger partial charge on any atom is 0.289 e. The average Bonchev–Trinajstić information content (AvgIpc) is 3.57. The summed E-state index contributed by atoms with van der Waals surface area (Å²) in [6.45, 7) is 3.15. The smallest absolute Gasteiger partial charge is 0.289 e. The van der Waals surface area contributed by atoms with Crippen LogP contribution in [0, 0.1) is 6.92 Å². The molecule has 0 unspecified atom stereocenters. The Morgan fingerprint density at radius 1 is 0.941 bits per heavy atom. The standard InChI is InChI=1S/C26H24N4O4/c1-17-4-2-5-20(16-17)25-29-28-24(34-25)19-9-7-18(8-10-19)23(31)27-21-11-13-30(14-12-21)26(32)22-6-3-15-33-22/h2-10,15-16,21H,11-14H2,1H3,(H,27,31). The van der Waals surface area contributed by atoms with Gasteiger partial charge in [0, 0.05) is 35.8 Å². The fraction of sp³-hybridized carbons (Fsp3) is 0.231. The minimum Gasteiger partial charge on any atom is -0.459 e. The normalized spacial score (nSPS) is 14.2. The molecule has 1 N–H and O–H groups in total. The van der Waals surface area contributed by atoms with Crippen LogP contribution in [0.3, 0.4) is 0 Å². The summed E-state index contributed by atoms with van der Waals surface area (Å²) in [6, 6.07) is 18.3. The van der Waals surface area contributed by atoms with Gasteiger partial charge >= 0.3 is 0 Å². The van der Waals surface area contributed by atoms with Crippen LogP contribution in [0.5, 0.6) is 0 Å². The summed E-state index contributed by atoms with van der Waals surface area (Å²) >= 11 is 0. The molecule has 8 nitrogen and oxygen atoms in total. The summed E-state index contributed by atoms with van der Waals surface area (Å²) in [6.07, 6.45) is 2.88. The Bertz CT molecular complexity index is 1290. The van der Waals surface area contributed by atoms with Crippen LogP contribution >= 0.6 is 0 Å². The van der Waals surface area contributed by atoms with Crippen molar-refractivity contribution in [2.45, 2.75) is 25.8 Å². The first-order valence-electron chi connectivity index (χ1n) is 11.2. The van der Waals surface area contributed by atoms with Crippen molar-refractivity contribution in [1.29, 1.82) is 0 Å². The number of aryl methyl sites for hydroxylation is 1. The van der Waals surface area contributed by atoms with E-state index in [1.54, 1.807) is 41.3 Å². The van der Waals surface area contributed by atoms with Gasteiger partial charge in [-0.15, -0.1) is 10.2 Å². The summed E-state index contributed by atoms with van der Waals surface area (Å²) in [5.41, 5.74) is 3.28. The second-order valence-electron chi connectivity index (χ2n) is 8.38. The molecule has 0 saturated carbocycles. The van der Waals surface area contributed by atoms with Gasteiger partial charge in [-0.1, -0.05) is 17.7 Å². The van der Waals surface area contributed by atoms with Crippen LogP contribution < -0.4 is 5.32 Å². The summed E-state index contributed by atoms with van der Waals surface area (Å²) < 4.78 is 11.0. The van der Waals surface area contributed by atoms with E-state index < -0.39 is 0 Å². The van der Waals surface area contributed by atoms with E-state index in [2.05, 4.69) is 15.5 Å². The van der Waals surface area contributed by atoms with Gasteiger partial charge in [-0.05, 0) is 68.3 Å². The number of carbonyl (C=O) groups excluding carboxylic acids is 2. The third-order valence-corrected chi connectivity index (χ3v) is 5.93. The van der Waals surface area contributed by atoms with E-state index in [0.717, 1.165) is 16.7 Å². The number of likely N-dealkylation sites (tertiary alicyclic amines) is 1. The van der Waals surface area contributed by atoms with Gasteiger partial charge in [0.15, 0.2) is 5.76 Å². The van der Waals surface area contributed by atoms with E-state index in [9.17, 15) is 9.59 Å². The third-order valence-electron chi connectivity index (χ3n) is 5.93. The molecule has 4 aromatic rings. The van der Waals surface area contributed by atoms with Crippen molar-refractivity contribution in [2.24, 2.45) is 0 Å². The Labute approximate surface area is 196 Å². The molecule has 172 valence electrons. The number of hydrogen-bond acceptors (Lipinski definition) is 6. The van der Waals surface area contributed by atoms with Crippen LogP contribution in [0.1, 0.15) is 39.3 Å². The van der Waals surface area contributed by atoms with Crippen molar-refractivity contribution in [1.82, 2.24) is 20.4 Å². The number of rotatable bonds is 5. The molecule has 8 heteroatoms. The molecule has 34 heavy (non-hydrogen) atoms. The zero-order valence-electron chi connectivity index (χ0n) is 18.7. The zero-order chi connectivity index (χ0) is 23.5. The molecule has 0 atom stereocenters. The van der Waals surface area contributed by atoms with Gasteiger partial charge in [0.2, 0.25) is 11.8 Å². The highest BCUT2D eigenvalue weighted by Crippen LogP contribution is 2.25. The van der Waals surface area contributed by atoms with Crippen LogP contribution in [-0.2, 0) is 0 Å². The molecule has 0 spiro atoms.